The van der Waals surface area contributed by atoms with Crippen LogP contribution in [0.2, 0.25) is 0 Å². The lowest BCUT2D eigenvalue weighted by atomic mass is 10.0. The van der Waals surface area contributed by atoms with E-state index in [1.54, 1.807) is 6.07 Å². The predicted octanol–water partition coefficient (Wildman–Crippen LogP) is 1.64. The zero-order valence-electron chi connectivity index (χ0n) is 12.3. The van der Waals surface area contributed by atoms with Crippen molar-refractivity contribution in [3.8, 4) is 11.8 Å². The molecular weight excluding hydrogens is 266 g/mol. The molecule has 1 atom stereocenters. The molecule has 2 N–H and O–H groups in total. The van der Waals surface area contributed by atoms with Gasteiger partial charge in [0.25, 0.3) is 5.91 Å². The van der Waals surface area contributed by atoms with Crippen molar-refractivity contribution in [2.45, 2.75) is 32.3 Å². The fraction of sp³-hybridized carbons (Fsp3) is 0.471. The van der Waals surface area contributed by atoms with Gasteiger partial charge in [-0.1, -0.05) is 17.9 Å². The van der Waals surface area contributed by atoms with E-state index in [0.717, 1.165) is 37.0 Å². The summed E-state index contributed by atoms with van der Waals surface area (Å²) in [5.74, 6) is 5.32. The Balaban J connectivity index is 1.94. The number of carbonyl (C=O) groups is 1. The van der Waals surface area contributed by atoms with E-state index in [1.165, 1.54) is 0 Å². The highest BCUT2D eigenvalue weighted by Crippen LogP contribution is 2.15. The maximum absolute atomic E-state index is 12.2. The number of aliphatic hydroxyl groups excluding tert-OH is 1. The van der Waals surface area contributed by atoms with Gasteiger partial charge in [0, 0.05) is 24.3 Å². The van der Waals surface area contributed by atoms with Gasteiger partial charge in [-0.3, -0.25) is 4.79 Å². The van der Waals surface area contributed by atoms with Gasteiger partial charge in [-0.15, -0.1) is 0 Å². The molecule has 112 valence electrons. The second kappa shape index (κ2) is 7.82. The van der Waals surface area contributed by atoms with Gasteiger partial charge in [-0.25, -0.2) is 0 Å². The minimum atomic E-state index is -0.184. The molecule has 21 heavy (non-hydrogen) atoms. The van der Waals surface area contributed by atoms with Gasteiger partial charge in [0.05, 0.1) is 6.10 Å². The third kappa shape index (κ3) is 4.59. The molecule has 1 amide bonds. The molecule has 0 saturated carbocycles. The monoisotopic (exact) mass is 287 g/mol. The van der Waals surface area contributed by atoms with Gasteiger partial charge in [0.15, 0.2) is 0 Å². The summed E-state index contributed by atoms with van der Waals surface area (Å²) in [5, 5.41) is 11.6. The van der Waals surface area contributed by atoms with E-state index < -0.39 is 0 Å². The SMILES string of the molecule is Cc1ccc(C#CCO)cc1C(=O)NCCC1CCCO1. The van der Waals surface area contributed by atoms with Crippen LogP contribution in [-0.4, -0.2) is 36.9 Å². The van der Waals surface area contributed by atoms with Crippen LogP contribution in [0.4, 0.5) is 0 Å². The van der Waals surface area contributed by atoms with Crippen molar-refractivity contribution >= 4 is 5.91 Å². The zero-order chi connectivity index (χ0) is 15.1. The number of hydrogen-bond acceptors (Lipinski definition) is 3. The normalized spacial score (nSPS) is 17.1. The van der Waals surface area contributed by atoms with E-state index in [9.17, 15) is 4.79 Å². The van der Waals surface area contributed by atoms with Crippen molar-refractivity contribution in [1.29, 1.82) is 0 Å². The minimum Gasteiger partial charge on any atom is -0.384 e. The van der Waals surface area contributed by atoms with Gasteiger partial charge in [0.2, 0.25) is 0 Å². The summed E-state index contributed by atoms with van der Waals surface area (Å²) < 4.78 is 5.53. The number of carbonyl (C=O) groups excluding carboxylic acids is 1. The first-order chi connectivity index (χ1) is 10.2. The zero-order valence-corrected chi connectivity index (χ0v) is 12.3. The number of nitrogens with one attached hydrogen (secondary N) is 1. The number of hydrogen-bond donors (Lipinski definition) is 2. The van der Waals surface area contributed by atoms with Crippen molar-refractivity contribution in [2.24, 2.45) is 0 Å². The molecule has 0 aliphatic carbocycles. The van der Waals surface area contributed by atoms with E-state index in [-0.39, 0.29) is 18.6 Å². The summed E-state index contributed by atoms with van der Waals surface area (Å²) in [6, 6.07) is 5.48. The highest BCUT2D eigenvalue weighted by atomic mass is 16.5. The van der Waals surface area contributed by atoms with Crippen molar-refractivity contribution in [3.05, 3.63) is 34.9 Å². The Kier molecular flexibility index (Phi) is 5.79. The number of rotatable bonds is 4. The van der Waals surface area contributed by atoms with Crippen LogP contribution in [0.3, 0.4) is 0 Å². The number of aryl methyl sites for hydroxylation is 1. The lowest BCUT2D eigenvalue weighted by molar-refractivity contribution is 0.0906. The van der Waals surface area contributed by atoms with E-state index in [2.05, 4.69) is 17.2 Å². The van der Waals surface area contributed by atoms with Gasteiger partial charge in [0.1, 0.15) is 6.61 Å². The molecule has 1 unspecified atom stereocenters. The Bertz CT molecular complexity index is 551. The standard InChI is InChI=1S/C17H21NO3/c1-13-6-7-14(4-2-10-19)12-16(13)17(20)18-9-8-15-5-3-11-21-15/h6-7,12,15,19H,3,5,8-11H2,1H3,(H,18,20). The molecule has 1 fully saturated rings. The predicted molar refractivity (Wildman–Crippen MR) is 81.1 cm³/mol. The van der Waals surface area contributed by atoms with Crippen LogP contribution in [0.25, 0.3) is 0 Å². The first-order valence-corrected chi connectivity index (χ1v) is 7.31. The van der Waals surface area contributed by atoms with E-state index in [4.69, 9.17) is 9.84 Å². The molecule has 0 aromatic heterocycles. The molecule has 1 saturated heterocycles. The second-order valence-electron chi connectivity index (χ2n) is 5.17. The Morgan fingerprint density at radius 3 is 3.10 bits per heavy atom. The molecule has 0 bridgehead atoms. The molecule has 4 nitrogen and oxygen atoms in total. The van der Waals surface area contributed by atoms with Crippen molar-refractivity contribution in [1.82, 2.24) is 5.32 Å². The van der Waals surface area contributed by atoms with E-state index >= 15 is 0 Å². The molecule has 1 aliphatic rings. The van der Waals surface area contributed by atoms with Gasteiger partial charge >= 0.3 is 0 Å². The first kappa shape index (κ1) is 15.6. The number of benzene rings is 1. The van der Waals surface area contributed by atoms with Crippen molar-refractivity contribution in [2.75, 3.05) is 19.8 Å². The van der Waals surface area contributed by atoms with Crippen LogP contribution in [0.15, 0.2) is 18.2 Å². The van der Waals surface area contributed by atoms with Gasteiger partial charge < -0.3 is 15.2 Å². The van der Waals surface area contributed by atoms with Crippen LogP contribution in [0.1, 0.15) is 40.7 Å². The summed E-state index contributed by atoms with van der Waals surface area (Å²) in [6.07, 6.45) is 3.34. The fourth-order valence-electron chi connectivity index (χ4n) is 2.40. The van der Waals surface area contributed by atoms with Crippen LogP contribution < -0.4 is 5.32 Å². The van der Waals surface area contributed by atoms with E-state index in [0.29, 0.717) is 12.1 Å². The molecule has 1 aliphatic heterocycles. The summed E-state index contributed by atoms with van der Waals surface area (Å²) in [4.78, 5) is 12.2. The Morgan fingerprint density at radius 2 is 2.38 bits per heavy atom. The third-order valence-corrected chi connectivity index (χ3v) is 3.57. The molecule has 1 aromatic carbocycles. The lowest BCUT2D eigenvalue weighted by Crippen LogP contribution is -2.27. The van der Waals surface area contributed by atoms with E-state index in [1.807, 2.05) is 19.1 Å². The number of ether oxygens (including phenoxy) is 1. The number of amides is 1. The first-order valence-electron chi connectivity index (χ1n) is 7.31. The summed E-state index contributed by atoms with van der Waals surface area (Å²) in [5.41, 5.74) is 2.28. The van der Waals surface area contributed by atoms with Gasteiger partial charge in [-0.2, -0.15) is 0 Å². The molecule has 1 heterocycles. The summed E-state index contributed by atoms with van der Waals surface area (Å²) >= 11 is 0. The molecular formula is C17H21NO3. The largest absolute Gasteiger partial charge is 0.384 e. The highest BCUT2D eigenvalue weighted by molar-refractivity contribution is 5.96. The van der Waals surface area contributed by atoms with Crippen LogP contribution in [0.5, 0.6) is 0 Å². The maximum atomic E-state index is 12.2. The van der Waals surface area contributed by atoms with Crippen LogP contribution >= 0.6 is 0 Å². The third-order valence-electron chi connectivity index (χ3n) is 3.57. The van der Waals surface area contributed by atoms with Crippen LogP contribution in [-0.2, 0) is 4.74 Å². The van der Waals surface area contributed by atoms with Gasteiger partial charge in [-0.05, 0) is 43.9 Å². The number of aliphatic hydroxyl groups is 1. The average Bonchev–Trinajstić information content (AvgIpc) is 2.99. The highest BCUT2D eigenvalue weighted by Gasteiger charge is 2.16. The quantitative estimate of drug-likeness (QED) is 0.828. The lowest BCUT2D eigenvalue weighted by Gasteiger charge is -2.11. The molecule has 4 heteroatoms. The minimum absolute atomic E-state index is 0.0851. The molecule has 1 aromatic rings. The summed E-state index contributed by atoms with van der Waals surface area (Å²) in [7, 11) is 0. The molecule has 2 rings (SSSR count). The molecule has 0 radical (unpaired) electrons. The Morgan fingerprint density at radius 1 is 1.52 bits per heavy atom. The second-order valence-corrected chi connectivity index (χ2v) is 5.17. The molecule has 0 spiro atoms. The Hall–Kier alpha value is -1.83. The Labute approximate surface area is 125 Å². The fourth-order valence-corrected chi connectivity index (χ4v) is 2.40. The topological polar surface area (TPSA) is 58.6 Å². The summed E-state index contributed by atoms with van der Waals surface area (Å²) in [6.45, 7) is 3.17. The average molecular weight is 287 g/mol. The van der Waals surface area contributed by atoms with Crippen LogP contribution in [0, 0.1) is 18.8 Å². The van der Waals surface area contributed by atoms with Crippen molar-refractivity contribution in [3.63, 3.8) is 0 Å². The van der Waals surface area contributed by atoms with Crippen molar-refractivity contribution < 1.29 is 14.6 Å². The smallest absolute Gasteiger partial charge is 0.251 e. The maximum Gasteiger partial charge on any atom is 0.251 e.